The molecule has 0 nitrogen and oxygen atoms in total. The van der Waals surface area contributed by atoms with E-state index in [1.165, 1.54) is 25.7 Å². The van der Waals surface area contributed by atoms with Crippen molar-refractivity contribution in [1.82, 2.24) is 0 Å². The van der Waals surface area contributed by atoms with Crippen molar-refractivity contribution in [2.45, 2.75) is 51.3 Å². The Balaban J connectivity index is 2.45. The lowest BCUT2D eigenvalue weighted by atomic mass is 9.82. The summed E-state index contributed by atoms with van der Waals surface area (Å²) >= 11 is 3.80. The van der Waals surface area contributed by atoms with Crippen molar-refractivity contribution in [3.8, 4) is 0 Å². The molecule has 0 aromatic rings. The maximum Gasteiger partial charge on any atom is 0.0176 e. The lowest BCUT2D eigenvalue weighted by Gasteiger charge is -2.27. The predicted molar refractivity (Wildman–Crippen MR) is 58.7 cm³/mol. The van der Waals surface area contributed by atoms with Crippen LogP contribution in [-0.4, -0.2) is 4.83 Å². The molecule has 0 aliphatic heterocycles. The minimum absolute atomic E-state index is 0.807. The van der Waals surface area contributed by atoms with Crippen LogP contribution in [-0.2, 0) is 0 Å². The molecule has 72 valence electrons. The zero-order valence-corrected chi connectivity index (χ0v) is 10.1. The van der Waals surface area contributed by atoms with Crippen molar-refractivity contribution < 1.29 is 0 Å². The first-order chi connectivity index (χ1) is 5.66. The summed E-state index contributed by atoms with van der Waals surface area (Å²) in [4.78, 5) is 0.807. The summed E-state index contributed by atoms with van der Waals surface area (Å²) in [5, 5.41) is 0. The SMILES string of the molecule is CCC(C)C(C)C1CCCC1Br. The predicted octanol–water partition coefficient (Wildman–Crippen LogP) is 4.23. The molecular formula is C11H21Br. The Morgan fingerprint density at radius 1 is 1.33 bits per heavy atom. The Bertz CT molecular complexity index is 133. The molecule has 1 fully saturated rings. The summed E-state index contributed by atoms with van der Waals surface area (Å²) in [7, 11) is 0. The van der Waals surface area contributed by atoms with E-state index in [9.17, 15) is 0 Å². The fourth-order valence-corrected chi connectivity index (χ4v) is 3.40. The topological polar surface area (TPSA) is 0 Å². The summed E-state index contributed by atoms with van der Waals surface area (Å²) in [6.07, 6.45) is 5.60. The molecule has 0 bridgehead atoms. The minimum Gasteiger partial charge on any atom is -0.0888 e. The molecule has 1 aliphatic carbocycles. The van der Waals surface area contributed by atoms with Crippen LogP contribution in [0.2, 0.25) is 0 Å². The van der Waals surface area contributed by atoms with Crippen molar-refractivity contribution in [3.05, 3.63) is 0 Å². The lowest BCUT2D eigenvalue weighted by molar-refractivity contribution is 0.266. The molecule has 0 aromatic heterocycles. The van der Waals surface area contributed by atoms with Gasteiger partial charge < -0.3 is 0 Å². The molecule has 12 heavy (non-hydrogen) atoms. The van der Waals surface area contributed by atoms with Crippen LogP contribution < -0.4 is 0 Å². The Morgan fingerprint density at radius 3 is 2.42 bits per heavy atom. The zero-order valence-electron chi connectivity index (χ0n) is 8.52. The van der Waals surface area contributed by atoms with Gasteiger partial charge in [-0.05, 0) is 30.6 Å². The number of hydrogen-bond acceptors (Lipinski definition) is 0. The Hall–Kier alpha value is 0.480. The first-order valence-electron chi connectivity index (χ1n) is 5.30. The van der Waals surface area contributed by atoms with Crippen LogP contribution in [0.15, 0.2) is 0 Å². The maximum atomic E-state index is 3.80. The van der Waals surface area contributed by atoms with E-state index in [1.807, 2.05) is 0 Å². The smallest absolute Gasteiger partial charge is 0.0176 e. The van der Waals surface area contributed by atoms with E-state index in [1.54, 1.807) is 0 Å². The quantitative estimate of drug-likeness (QED) is 0.640. The molecule has 0 heterocycles. The van der Waals surface area contributed by atoms with Crippen molar-refractivity contribution in [3.63, 3.8) is 0 Å². The van der Waals surface area contributed by atoms with Gasteiger partial charge in [0.25, 0.3) is 0 Å². The molecule has 0 radical (unpaired) electrons. The van der Waals surface area contributed by atoms with Gasteiger partial charge in [0.1, 0.15) is 0 Å². The van der Waals surface area contributed by atoms with Crippen molar-refractivity contribution in [1.29, 1.82) is 0 Å². The minimum atomic E-state index is 0.807. The van der Waals surface area contributed by atoms with Crippen molar-refractivity contribution in [2.75, 3.05) is 0 Å². The molecule has 0 saturated heterocycles. The van der Waals surface area contributed by atoms with Crippen LogP contribution >= 0.6 is 15.9 Å². The molecule has 4 atom stereocenters. The van der Waals surface area contributed by atoms with Crippen LogP contribution in [0.3, 0.4) is 0 Å². The lowest BCUT2D eigenvalue weighted by Crippen LogP contribution is -2.21. The van der Waals surface area contributed by atoms with Gasteiger partial charge in [0.05, 0.1) is 0 Å². The van der Waals surface area contributed by atoms with E-state index in [2.05, 4.69) is 36.7 Å². The highest BCUT2D eigenvalue weighted by Gasteiger charge is 2.31. The summed E-state index contributed by atoms with van der Waals surface area (Å²) in [5.41, 5.74) is 0. The van der Waals surface area contributed by atoms with Gasteiger partial charge in [-0.3, -0.25) is 0 Å². The molecule has 0 spiro atoms. The third-order valence-corrected chi connectivity index (χ3v) is 4.84. The molecule has 1 saturated carbocycles. The standard InChI is InChI=1S/C11H21Br/c1-4-8(2)9(3)10-6-5-7-11(10)12/h8-11H,4-7H2,1-3H3. The van der Waals surface area contributed by atoms with Crippen molar-refractivity contribution in [2.24, 2.45) is 17.8 Å². The van der Waals surface area contributed by atoms with Crippen LogP contribution in [0.25, 0.3) is 0 Å². The van der Waals surface area contributed by atoms with Gasteiger partial charge >= 0.3 is 0 Å². The van der Waals surface area contributed by atoms with E-state index < -0.39 is 0 Å². The first-order valence-corrected chi connectivity index (χ1v) is 6.22. The summed E-state index contributed by atoms with van der Waals surface area (Å²) < 4.78 is 0. The second-order valence-corrected chi connectivity index (χ2v) is 5.53. The molecule has 0 aromatic carbocycles. The average Bonchev–Trinajstić information content (AvgIpc) is 2.48. The van der Waals surface area contributed by atoms with Crippen LogP contribution in [0, 0.1) is 17.8 Å². The number of rotatable bonds is 3. The highest BCUT2D eigenvalue weighted by atomic mass is 79.9. The van der Waals surface area contributed by atoms with Gasteiger partial charge in [-0.25, -0.2) is 0 Å². The van der Waals surface area contributed by atoms with E-state index in [-0.39, 0.29) is 0 Å². The van der Waals surface area contributed by atoms with Gasteiger partial charge in [-0.2, -0.15) is 0 Å². The number of halogens is 1. The summed E-state index contributed by atoms with van der Waals surface area (Å²) in [6, 6.07) is 0. The van der Waals surface area contributed by atoms with Gasteiger partial charge in [-0.1, -0.05) is 49.5 Å². The van der Waals surface area contributed by atoms with Crippen LogP contribution in [0.5, 0.6) is 0 Å². The second-order valence-electron chi connectivity index (χ2n) is 4.36. The monoisotopic (exact) mass is 232 g/mol. The van der Waals surface area contributed by atoms with Gasteiger partial charge in [-0.15, -0.1) is 0 Å². The molecule has 1 heteroatoms. The fraction of sp³-hybridized carbons (Fsp3) is 1.00. The van der Waals surface area contributed by atoms with Crippen LogP contribution in [0.4, 0.5) is 0 Å². The fourth-order valence-electron chi connectivity index (χ4n) is 2.33. The van der Waals surface area contributed by atoms with Gasteiger partial charge in [0, 0.05) is 4.83 Å². The number of alkyl halides is 1. The number of hydrogen-bond donors (Lipinski definition) is 0. The Kier molecular flexibility index (Phi) is 4.09. The molecule has 1 aliphatic rings. The van der Waals surface area contributed by atoms with Crippen molar-refractivity contribution >= 4 is 15.9 Å². The van der Waals surface area contributed by atoms with Crippen LogP contribution in [0.1, 0.15) is 46.5 Å². The Labute approximate surface area is 85.3 Å². The van der Waals surface area contributed by atoms with Gasteiger partial charge in [0.2, 0.25) is 0 Å². The van der Waals surface area contributed by atoms with E-state index in [0.717, 1.165) is 22.6 Å². The summed E-state index contributed by atoms with van der Waals surface area (Å²) in [5.74, 6) is 2.75. The average molecular weight is 233 g/mol. The highest BCUT2D eigenvalue weighted by Crippen LogP contribution is 2.39. The maximum absolute atomic E-state index is 3.80. The first kappa shape index (κ1) is 10.6. The zero-order chi connectivity index (χ0) is 9.14. The Morgan fingerprint density at radius 2 is 2.00 bits per heavy atom. The van der Waals surface area contributed by atoms with E-state index in [0.29, 0.717) is 0 Å². The third kappa shape index (κ3) is 2.25. The third-order valence-electron chi connectivity index (χ3n) is 3.70. The van der Waals surface area contributed by atoms with E-state index in [4.69, 9.17) is 0 Å². The summed E-state index contributed by atoms with van der Waals surface area (Å²) in [6.45, 7) is 7.13. The normalized spacial score (nSPS) is 35.0. The second kappa shape index (κ2) is 4.64. The van der Waals surface area contributed by atoms with Gasteiger partial charge in [0.15, 0.2) is 0 Å². The molecular weight excluding hydrogens is 212 g/mol. The molecule has 0 N–H and O–H groups in total. The molecule has 1 rings (SSSR count). The largest absolute Gasteiger partial charge is 0.0888 e. The molecule has 4 unspecified atom stereocenters. The molecule has 0 amide bonds. The van der Waals surface area contributed by atoms with E-state index >= 15 is 0 Å². The highest BCUT2D eigenvalue weighted by molar-refractivity contribution is 9.09.